The topological polar surface area (TPSA) is 68.0 Å². The average molecular weight is 396 g/mol. The van der Waals surface area contributed by atoms with Crippen molar-refractivity contribution in [3.05, 3.63) is 70.2 Å². The van der Waals surface area contributed by atoms with Crippen molar-refractivity contribution in [3.8, 4) is 0 Å². The number of halogens is 1. The van der Waals surface area contributed by atoms with Gasteiger partial charge in [0.15, 0.2) is 0 Å². The van der Waals surface area contributed by atoms with Crippen LogP contribution in [0.5, 0.6) is 0 Å². The van der Waals surface area contributed by atoms with Crippen molar-refractivity contribution < 1.29 is 9.90 Å². The molecule has 0 atom stereocenters. The number of carbonyl (C=O) groups is 1. The molecule has 0 radical (unpaired) electrons. The molecule has 0 saturated heterocycles. The number of fused-ring (bicyclic) bond motifs is 2. The van der Waals surface area contributed by atoms with E-state index in [1.807, 2.05) is 42.0 Å². The number of rotatable bonds is 3. The Morgan fingerprint density at radius 1 is 1.24 bits per heavy atom. The van der Waals surface area contributed by atoms with Crippen LogP contribution in [0.25, 0.3) is 21.8 Å². The lowest BCUT2D eigenvalue weighted by atomic mass is 10.1. The lowest BCUT2D eigenvalue weighted by Gasteiger charge is -2.10. The standard InChI is InChI=1S/C19H14BrN3O2/c1-11-22-15-7-6-12(19(24)25)8-17(15)23(11)10-16-18(20)14-5-3-2-4-13(14)9-21-16/h2-9H,10H2,1H3,(H,24,25). The smallest absolute Gasteiger partial charge is 0.335 e. The third kappa shape index (κ3) is 2.68. The van der Waals surface area contributed by atoms with Crippen molar-refractivity contribution in [1.29, 1.82) is 0 Å². The van der Waals surface area contributed by atoms with Gasteiger partial charge in [-0.3, -0.25) is 4.98 Å². The van der Waals surface area contributed by atoms with Gasteiger partial charge in [-0.15, -0.1) is 0 Å². The summed E-state index contributed by atoms with van der Waals surface area (Å²) < 4.78 is 2.94. The Morgan fingerprint density at radius 2 is 2.04 bits per heavy atom. The number of hydrogen-bond acceptors (Lipinski definition) is 3. The molecule has 4 aromatic rings. The summed E-state index contributed by atoms with van der Waals surface area (Å²) in [7, 11) is 0. The van der Waals surface area contributed by atoms with E-state index in [0.29, 0.717) is 6.54 Å². The zero-order valence-corrected chi connectivity index (χ0v) is 15.0. The molecule has 2 aromatic heterocycles. The van der Waals surface area contributed by atoms with Gasteiger partial charge in [-0.25, -0.2) is 9.78 Å². The molecule has 0 unspecified atom stereocenters. The van der Waals surface area contributed by atoms with Crippen LogP contribution in [0.1, 0.15) is 21.9 Å². The third-order valence-electron chi connectivity index (χ3n) is 4.30. The zero-order valence-electron chi connectivity index (χ0n) is 13.4. The fourth-order valence-electron chi connectivity index (χ4n) is 3.00. The minimum atomic E-state index is -0.947. The molecular weight excluding hydrogens is 382 g/mol. The number of carboxylic acids is 1. The van der Waals surface area contributed by atoms with Crippen molar-refractivity contribution >= 4 is 43.7 Å². The largest absolute Gasteiger partial charge is 0.478 e. The molecule has 2 heterocycles. The quantitative estimate of drug-likeness (QED) is 0.557. The molecule has 6 heteroatoms. The van der Waals surface area contributed by atoms with Crippen molar-refractivity contribution in [1.82, 2.24) is 14.5 Å². The normalized spacial score (nSPS) is 11.3. The molecule has 2 aromatic carbocycles. The second-order valence-corrected chi connectivity index (χ2v) is 6.65. The molecule has 0 saturated carbocycles. The molecule has 0 amide bonds. The Labute approximate surface area is 152 Å². The Balaban J connectivity index is 1.85. The Hall–Kier alpha value is -2.73. The number of pyridine rings is 1. The summed E-state index contributed by atoms with van der Waals surface area (Å²) in [5.41, 5.74) is 2.69. The van der Waals surface area contributed by atoms with Gasteiger partial charge < -0.3 is 9.67 Å². The molecule has 0 fully saturated rings. The Morgan fingerprint density at radius 3 is 2.84 bits per heavy atom. The molecule has 0 spiro atoms. The second kappa shape index (κ2) is 5.97. The number of hydrogen-bond donors (Lipinski definition) is 1. The second-order valence-electron chi connectivity index (χ2n) is 5.86. The van der Waals surface area contributed by atoms with Crippen LogP contribution in [-0.4, -0.2) is 25.6 Å². The summed E-state index contributed by atoms with van der Waals surface area (Å²) in [4.78, 5) is 20.4. The summed E-state index contributed by atoms with van der Waals surface area (Å²) in [6, 6.07) is 13.0. The highest BCUT2D eigenvalue weighted by molar-refractivity contribution is 9.10. The van der Waals surface area contributed by atoms with Gasteiger partial charge in [0.1, 0.15) is 5.82 Å². The fraction of sp³-hybridized carbons (Fsp3) is 0.105. The Kier molecular flexibility index (Phi) is 3.77. The predicted octanol–water partition coefficient (Wildman–Crippen LogP) is 4.40. The lowest BCUT2D eigenvalue weighted by molar-refractivity contribution is 0.0697. The van der Waals surface area contributed by atoms with E-state index in [4.69, 9.17) is 0 Å². The van der Waals surface area contributed by atoms with E-state index in [9.17, 15) is 9.90 Å². The van der Waals surface area contributed by atoms with E-state index >= 15 is 0 Å². The number of benzene rings is 2. The highest BCUT2D eigenvalue weighted by Crippen LogP contribution is 2.28. The molecular formula is C19H14BrN3O2. The summed E-state index contributed by atoms with van der Waals surface area (Å²) in [6.45, 7) is 2.42. The maximum absolute atomic E-state index is 11.3. The van der Waals surface area contributed by atoms with Gasteiger partial charge in [-0.2, -0.15) is 0 Å². The fourth-order valence-corrected chi connectivity index (χ4v) is 3.59. The molecule has 124 valence electrons. The van der Waals surface area contributed by atoms with Gasteiger partial charge in [-0.05, 0) is 46.4 Å². The van der Waals surface area contributed by atoms with Crippen LogP contribution in [0, 0.1) is 6.92 Å². The van der Waals surface area contributed by atoms with Crippen molar-refractivity contribution in [2.24, 2.45) is 0 Å². The van der Waals surface area contributed by atoms with Gasteiger partial charge in [0.25, 0.3) is 0 Å². The number of aromatic nitrogens is 3. The van der Waals surface area contributed by atoms with E-state index in [1.54, 1.807) is 18.2 Å². The molecule has 0 aliphatic carbocycles. The first kappa shape index (κ1) is 15.8. The minimum absolute atomic E-state index is 0.249. The lowest BCUT2D eigenvalue weighted by Crippen LogP contribution is -2.05. The van der Waals surface area contributed by atoms with Crippen LogP contribution in [0.2, 0.25) is 0 Å². The summed E-state index contributed by atoms with van der Waals surface area (Å²) >= 11 is 3.66. The summed E-state index contributed by atoms with van der Waals surface area (Å²) in [5, 5.41) is 11.4. The first-order chi connectivity index (χ1) is 12.0. The minimum Gasteiger partial charge on any atom is -0.478 e. The van der Waals surface area contributed by atoms with Crippen LogP contribution in [-0.2, 0) is 6.54 Å². The number of aromatic carboxylic acids is 1. The first-order valence-electron chi connectivity index (χ1n) is 7.77. The van der Waals surface area contributed by atoms with E-state index in [2.05, 4.69) is 25.9 Å². The van der Waals surface area contributed by atoms with E-state index in [1.165, 1.54) is 0 Å². The molecule has 0 aliphatic heterocycles. The van der Waals surface area contributed by atoms with Gasteiger partial charge in [0.2, 0.25) is 0 Å². The maximum atomic E-state index is 11.3. The molecule has 0 aliphatic rings. The van der Waals surface area contributed by atoms with Crippen LogP contribution in [0.4, 0.5) is 0 Å². The van der Waals surface area contributed by atoms with Crippen LogP contribution < -0.4 is 0 Å². The SMILES string of the molecule is Cc1nc2ccc(C(=O)O)cc2n1Cc1ncc2ccccc2c1Br. The van der Waals surface area contributed by atoms with Crippen LogP contribution >= 0.6 is 15.9 Å². The average Bonchev–Trinajstić information content (AvgIpc) is 2.92. The van der Waals surface area contributed by atoms with Gasteiger partial charge in [0.05, 0.1) is 28.8 Å². The zero-order chi connectivity index (χ0) is 17.6. The third-order valence-corrected chi connectivity index (χ3v) is 5.19. The predicted molar refractivity (Wildman–Crippen MR) is 100.0 cm³/mol. The van der Waals surface area contributed by atoms with Gasteiger partial charge >= 0.3 is 5.97 Å². The van der Waals surface area contributed by atoms with Crippen molar-refractivity contribution in [2.75, 3.05) is 0 Å². The van der Waals surface area contributed by atoms with Crippen LogP contribution in [0.3, 0.4) is 0 Å². The summed E-state index contributed by atoms with van der Waals surface area (Å²) in [6.07, 6.45) is 1.85. The molecule has 5 nitrogen and oxygen atoms in total. The van der Waals surface area contributed by atoms with E-state index < -0.39 is 5.97 Å². The van der Waals surface area contributed by atoms with Crippen LogP contribution in [0.15, 0.2) is 53.1 Å². The van der Waals surface area contributed by atoms with Gasteiger partial charge in [0, 0.05) is 16.1 Å². The van der Waals surface area contributed by atoms with Crippen molar-refractivity contribution in [2.45, 2.75) is 13.5 Å². The van der Waals surface area contributed by atoms with Gasteiger partial charge in [-0.1, -0.05) is 24.3 Å². The van der Waals surface area contributed by atoms with E-state index in [0.717, 1.165) is 37.8 Å². The molecule has 25 heavy (non-hydrogen) atoms. The number of aryl methyl sites for hydroxylation is 1. The number of carboxylic acid groups (broad SMARTS) is 1. The first-order valence-corrected chi connectivity index (χ1v) is 8.56. The molecule has 1 N–H and O–H groups in total. The Bertz CT molecular complexity index is 1130. The number of nitrogens with zero attached hydrogens (tertiary/aromatic N) is 3. The molecule has 0 bridgehead atoms. The summed E-state index contributed by atoms with van der Waals surface area (Å²) in [5.74, 6) is -0.128. The van der Waals surface area contributed by atoms with E-state index in [-0.39, 0.29) is 5.56 Å². The molecule has 4 rings (SSSR count). The maximum Gasteiger partial charge on any atom is 0.335 e. The van der Waals surface area contributed by atoms with Crippen molar-refractivity contribution in [3.63, 3.8) is 0 Å². The highest BCUT2D eigenvalue weighted by Gasteiger charge is 2.14. The highest BCUT2D eigenvalue weighted by atomic mass is 79.9. The number of imidazole rings is 1. The monoisotopic (exact) mass is 395 g/mol.